The van der Waals surface area contributed by atoms with Crippen LogP contribution in [0.2, 0.25) is 5.02 Å². The molecule has 3 aromatic rings. The maximum atomic E-state index is 11.7. The zero-order valence-electron chi connectivity index (χ0n) is 9.37. The highest BCUT2D eigenvalue weighted by Crippen LogP contribution is 2.25. The van der Waals surface area contributed by atoms with Gasteiger partial charge in [0, 0.05) is 9.13 Å². The smallest absolute Gasteiger partial charge is 0.278 e. The number of benzene rings is 1. The molecule has 8 heteroatoms. The van der Waals surface area contributed by atoms with Gasteiger partial charge in [0.05, 0.1) is 5.02 Å². The first kappa shape index (κ1) is 12.4. The summed E-state index contributed by atoms with van der Waals surface area (Å²) in [6.45, 7) is 0. The van der Waals surface area contributed by atoms with E-state index in [1.165, 1.54) is 0 Å². The first-order valence-electron chi connectivity index (χ1n) is 5.25. The highest BCUT2D eigenvalue weighted by atomic mass is 127. The molecule has 2 aromatic heterocycles. The summed E-state index contributed by atoms with van der Waals surface area (Å²) in [4.78, 5) is 25.2. The molecule has 0 saturated carbocycles. The molecule has 1 aromatic carbocycles. The van der Waals surface area contributed by atoms with Crippen LogP contribution >= 0.6 is 34.2 Å². The number of nitrogens with two attached hydrogens (primary N) is 1. The second-order valence-electron chi connectivity index (χ2n) is 3.86. The average Bonchev–Trinajstić information content (AvgIpc) is 2.76. The van der Waals surface area contributed by atoms with E-state index >= 15 is 0 Å². The van der Waals surface area contributed by atoms with E-state index in [1.807, 2.05) is 12.1 Å². The van der Waals surface area contributed by atoms with Crippen molar-refractivity contribution in [3.05, 3.63) is 37.1 Å². The predicted molar refractivity (Wildman–Crippen MR) is 82.1 cm³/mol. The summed E-state index contributed by atoms with van der Waals surface area (Å²) in [5.74, 6) is 0.563. The minimum Gasteiger partial charge on any atom is -0.369 e. The van der Waals surface area contributed by atoms with Crippen molar-refractivity contribution in [3.8, 4) is 11.4 Å². The van der Waals surface area contributed by atoms with E-state index < -0.39 is 0 Å². The van der Waals surface area contributed by atoms with Crippen LogP contribution in [0.1, 0.15) is 0 Å². The number of aromatic amines is 2. The monoisotopic (exact) mass is 387 g/mol. The lowest BCUT2D eigenvalue weighted by molar-refractivity contribution is 1.17. The molecule has 0 fully saturated rings. The van der Waals surface area contributed by atoms with E-state index in [0.717, 1.165) is 9.13 Å². The Kier molecular flexibility index (Phi) is 2.94. The Bertz CT molecular complexity index is 841. The summed E-state index contributed by atoms with van der Waals surface area (Å²) in [5.41, 5.74) is 6.48. The summed E-state index contributed by atoms with van der Waals surface area (Å²) in [5, 5.41) is 0.625. The number of imidazole rings is 1. The van der Waals surface area contributed by atoms with E-state index in [4.69, 9.17) is 17.3 Å². The molecule has 0 saturated heterocycles. The van der Waals surface area contributed by atoms with Crippen molar-refractivity contribution in [2.45, 2.75) is 0 Å². The first-order valence-corrected chi connectivity index (χ1v) is 6.71. The van der Waals surface area contributed by atoms with Gasteiger partial charge in [-0.15, -0.1) is 0 Å². The minimum atomic E-state index is -0.349. The SMILES string of the molecule is Nc1nc2nc(-c3ccc(I)c(Cl)c3)[nH]c2c(=O)[nH]1. The number of H-pyrrole nitrogens is 2. The van der Waals surface area contributed by atoms with E-state index in [9.17, 15) is 4.79 Å². The number of nitrogens with one attached hydrogen (secondary N) is 2. The molecule has 0 aliphatic carbocycles. The Hall–Kier alpha value is -1.61. The second-order valence-corrected chi connectivity index (χ2v) is 5.43. The van der Waals surface area contributed by atoms with Crippen molar-refractivity contribution in [1.82, 2.24) is 19.9 Å². The number of rotatable bonds is 1. The highest BCUT2D eigenvalue weighted by molar-refractivity contribution is 14.1. The van der Waals surface area contributed by atoms with Crippen LogP contribution in [0.5, 0.6) is 0 Å². The number of nitrogen functional groups attached to an aromatic ring is 1. The third kappa shape index (κ3) is 2.19. The third-order valence-corrected chi connectivity index (χ3v) is 4.14. The van der Waals surface area contributed by atoms with Crippen LogP contribution in [0.25, 0.3) is 22.6 Å². The van der Waals surface area contributed by atoms with Gasteiger partial charge in [0.2, 0.25) is 5.95 Å². The highest BCUT2D eigenvalue weighted by Gasteiger charge is 2.11. The average molecular weight is 388 g/mol. The number of fused-ring (bicyclic) bond motifs is 1. The summed E-state index contributed by atoms with van der Waals surface area (Å²) in [6.07, 6.45) is 0. The van der Waals surface area contributed by atoms with Gasteiger partial charge in [0.25, 0.3) is 5.56 Å². The van der Waals surface area contributed by atoms with Gasteiger partial charge in [-0.05, 0) is 34.7 Å². The summed E-state index contributed by atoms with van der Waals surface area (Å²) >= 11 is 8.20. The van der Waals surface area contributed by atoms with Crippen molar-refractivity contribution in [2.24, 2.45) is 0 Å². The van der Waals surface area contributed by atoms with Gasteiger partial charge in [0.1, 0.15) is 5.82 Å². The molecule has 0 aliphatic rings. The van der Waals surface area contributed by atoms with Gasteiger partial charge in [0.15, 0.2) is 11.2 Å². The standard InChI is InChI=1S/C11H7ClIN5O/c12-5-3-4(1-2-6(5)13)8-15-7-9(16-8)17-11(14)18-10(7)19/h1-3H,(H4,14,15,16,17,18,19). The van der Waals surface area contributed by atoms with Gasteiger partial charge in [-0.1, -0.05) is 17.7 Å². The van der Waals surface area contributed by atoms with Gasteiger partial charge in [-0.3, -0.25) is 9.78 Å². The van der Waals surface area contributed by atoms with Crippen molar-refractivity contribution in [3.63, 3.8) is 0 Å². The lowest BCUT2D eigenvalue weighted by Crippen LogP contribution is -2.10. The van der Waals surface area contributed by atoms with Crippen LogP contribution in [0.15, 0.2) is 23.0 Å². The van der Waals surface area contributed by atoms with E-state index in [0.29, 0.717) is 16.4 Å². The Morgan fingerprint density at radius 1 is 1.26 bits per heavy atom. The van der Waals surface area contributed by atoms with Gasteiger partial charge >= 0.3 is 0 Å². The molecule has 0 atom stereocenters. The fraction of sp³-hybridized carbons (Fsp3) is 0. The second kappa shape index (κ2) is 4.49. The van der Waals surface area contributed by atoms with Crippen LogP contribution in [0.3, 0.4) is 0 Å². The van der Waals surface area contributed by atoms with Crippen LogP contribution < -0.4 is 11.3 Å². The number of halogens is 2. The molecule has 0 aliphatic heterocycles. The molecule has 4 N–H and O–H groups in total. The third-order valence-electron chi connectivity index (χ3n) is 2.57. The largest absolute Gasteiger partial charge is 0.369 e. The molecule has 2 heterocycles. The Labute approximate surface area is 125 Å². The molecular weight excluding hydrogens is 381 g/mol. The van der Waals surface area contributed by atoms with Crippen molar-refractivity contribution < 1.29 is 0 Å². The fourth-order valence-corrected chi connectivity index (χ4v) is 2.22. The normalized spacial score (nSPS) is 11.1. The van der Waals surface area contributed by atoms with Crippen LogP contribution in [-0.2, 0) is 0 Å². The molecule has 3 rings (SSSR count). The molecule has 0 bridgehead atoms. The van der Waals surface area contributed by atoms with Crippen molar-refractivity contribution in [1.29, 1.82) is 0 Å². The Balaban J connectivity index is 2.23. The van der Waals surface area contributed by atoms with Crippen molar-refractivity contribution >= 4 is 51.3 Å². The van der Waals surface area contributed by atoms with Crippen LogP contribution in [0.4, 0.5) is 5.95 Å². The zero-order chi connectivity index (χ0) is 13.6. The lowest BCUT2D eigenvalue weighted by atomic mass is 10.2. The molecule has 0 amide bonds. The summed E-state index contributed by atoms with van der Waals surface area (Å²) in [7, 11) is 0. The quantitative estimate of drug-likeness (QED) is 0.557. The van der Waals surface area contributed by atoms with Crippen molar-refractivity contribution in [2.75, 3.05) is 5.73 Å². The maximum Gasteiger partial charge on any atom is 0.278 e. The molecule has 96 valence electrons. The number of hydrogen-bond donors (Lipinski definition) is 3. The molecule has 0 spiro atoms. The Morgan fingerprint density at radius 3 is 2.79 bits per heavy atom. The maximum absolute atomic E-state index is 11.7. The first-order chi connectivity index (χ1) is 9.04. The zero-order valence-corrected chi connectivity index (χ0v) is 12.3. The van der Waals surface area contributed by atoms with E-state index in [-0.39, 0.29) is 17.2 Å². The number of hydrogen-bond acceptors (Lipinski definition) is 4. The lowest BCUT2D eigenvalue weighted by Gasteiger charge is -1.99. The van der Waals surface area contributed by atoms with Crippen LogP contribution in [0, 0.1) is 3.57 Å². The van der Waals surface area contributed by atoms with E-state index in [2.05, 4.69) is 42.5 Å². The molecule has 19 heavy (non-hydrogen) atoms. The van der Waals surface area contributed by atoms with Crippen LogP contribution in [-0.4, -0.2) is 19.9 Å². The summed E-state index contributed by atoms with van der Waals surface area (Å²) < 4.78 is 0.944. The minimum absolute atomic E-state index is 0.0381. The predicted octanol–water partition coefficient (Wildman–Crippen LogP) is 2.15. The van der Waals surface area contributed by atoms with E-state index in [1.54, 1.807) is 6.07 Å². The van der Waals surface area contributed by atoms with Gasteiger partial charge in [-0.2, -0.15) is 4.98 Å². The molecule has 0 unspecified atom stereocenters. The van der Waals surface area contributed by atoms with Gasteiger partial charge < -0.3 is 10.7 Å². The molecular formula is C11H7ClIN5O. The number of nitrogens with zero attached hydrogens (tertiary/aromatic N) is 2. The number of aromatic nitrogens is 4. The topological polar surface area (TPSA) is 100 Å². The number of anilines is 1. The molecule has 0 radical (unpaired) electrons. The Morgan fingerprint density at radius 2 is 2.05 bits per heavy atom. The molecule has 6 nitrogen and oxygen atoms in total. The fourth-order valence-electron chi connectivity index (χ4n) is 1.70. The summed E-state index contributed by atoms with van der Waals surface area (Å²) in [6, 6.07) is 5.51. The van der Waals surface area contributed by atoms with Gasteiger partial charge in [-0.25, -0.2) is 4.98 Å².